The summed E-state index contributed by atoms with van der Waals surface area (Å²) in [5, 5.41) is 0. The summed E-state index contributed by atoms with van der Waals surface area (Å²) in [4.78, 5) is 12.7. The number of likely N-dealkylation sites (N-methyl/N-ethyl adjacent to an activating group) is 1. The van der Waals surface area contributed by atoms with Crippen LogP contribution < -0.4 is 0 Å². The summed E-state index contributed by atoms with van der Waals surface area (Å²) in [5.74, 6) is 0.118. The van der Waals surface area contributed by atoms with Gasteiger partial charge in [0, 0.05) is 20.6 Å². The second-order valence-corrected chi connectivity index (χ2v) is 3.06. The van der Waals surface area contributed by atoms with Crippen LogP contribution in [0.5, 0.6) is 0 Å². The molecule has 3 nitrogen and oxygen atoms in total. The zero-order chi connectivity index (χ0) is 8.43. The summed E-state index contributed by atoms with van der Waals surface area (Å²) in [6, 6.07) is 0.285. The fourth-order valence-corrected chi connectivity index (χ4v) is 1.46. The maximum atomic E-state index is 10.9. The number of nitrogens with zero attached hydrogens (tertiary/aromatic N) is 1. The molecule has 0 radical (unpaired) electrons. The summed E-state index contributed by atoms with van der Waals surface area (Å²) < 4.78 is 5.34. The summed E-state index contributed by atoms with van der Waals surface area (Å²) in [7, 11) is 1.83. The monoisotopic (exact) mass is 157 g/mol. The van der Waals surface area contributed by atoms with Crippen molar-refractivity contribution in [3.05, 3.63) is 0 Å². The maximum absolute atomic E-state index is 10.9. The molecule has 0 bridgehead atoms. The number of rotatable bonds is 1. The lowest BCUT2D eigenvalue weighted by Gasteiger charge is -2.25. The molecule has 1 heterocycles. The van der Waals surface area contributed by atoms with Crippen LogP contribution in [0.4, 0.5) is 0 Å². The first-order valence-electron chi connectivity index (χ1n) is 3.98. The number of carbonyl (C=O) groups is 1. The Hall–Kier alpha value is -0.570. The fourth-order valence-electron chi connectivity index (χ4n) is 1.46. The average Bonchev–Trinajstić information content (AvgIpc) is 2.33. The van der Waals surface area contributed by atoms with Gasteiger partial charge in [0.25, 0.3) is 0 Å². The van der Waals surface area contributed by atoms with Crippen molar-refractivity contribution in [3.63, 3.8) is 0 Å². The first-order chi connectivity index (χ1) is 5.13. The van der Waals surface area contributed by atoms with Crippen LogP contribution in [0.25, 0.3) is 0 Å². The highest BCUT2D eigenvalue weighted by Gasteiger charge is 2.28. The Morgan fingerprint density at radius 1 is 1.64 bits per heavy atom. The van der Waals surface area contributed by atoms with Gasteiger partial charge >= 0.3 is 0 Å². The van der Waals surface area contributed by atoms with Gasteiger partial charge < -0.3 is 9.64 Å². The van der Waals surface area contributed by atoms with Gasteiger partial charge in [-0.05, 0) is 13.3 Å². The van der Waals surface area contributed by atoms with E-state index >= 15 is 0 Å². The van der Waals surface area contributed by atoms with Crippen molar-refractivity contribution in [2.45, 2.75) is 32.4 Å². The molecule has 1 fully saturated rings. The third-order valence-corrected chi connectivity index (χ3v) is 2.33. The van der Waals surface area contributed by atoms with Crippen LogP contribution in [0.1, 0.15) is 20.3 Å². The predicted molar refractivity (Wildman–Crippen MR) is 42.3 cm³/mol. The first-order valence-corrected chi connectivity index (χ1v) is 3.98. The smallest absolute Gasteiger partial charge is 0.219 e. The lowest BCUT2D eigenvalue weighted by atomic mass is 10.1. The molecule has 0 aromatic carbocycles. The highest BCUT2D eigenvalue weighted by molar-refractivity contribution is 5.73. The van der Waals surface area contributed by atoms with E-state index in [-0.39, 0.29) is 18.1 Å². The first kappa shape index (κ1) is 8.53. The number of ether oxygens (including phenoxy) is 1. The summed E-state index contributed by atoms with van der Waals surface area (Å²) >= 11 is 0. The van der Waals surface area contributed by atoms with Gasteiger partial charge in [-0.15, -0.1) is 0 Å². The molecular weight excluding hydrogens is 142 g/mol. The third-order valence-electron chi connectivity index (χ3n) is 2.33. The van der Waals surface area contributed by atoms with Gasteiger partial charge in [0.05, 0.1) is 12.1 Å². The SMILES string of the molecule is CC(=O)N(C)C1CCOC1C. The highest BCUT2D eigenvalue weighted by atomic mass is 16.5. The van der Waals surface area contributed by atoms with E-state index in [0.29, 0.717) is 0 Å². The number of hydrogen-bond acceptors (Lipinski definition) is 2. The Morgan fingerprint density at radius 2 is 2.27 bits per heavy atom. The standard InChI is InChI=1S/C8H15NO2/c1-6-8(4-5-11-6)9(3)7(2)10/h6,8H,4-5H2,1-3H3. The molecule has 1 aliphatic rings. The Morgan fingerprint density at radius 3 is 2.64 bits per heavy atom. The molecule has 0 spiro atoms. The topological polar surface area (TPSA) is 29.5 Å². The van der Waals surface area contributed by atoms with Crippen LogP contribution in [0.2, 0.25) is 0 Å². The van der Waals surface area contributed by atoms with Gasteiger partial charge in [-0.3, -0.25) is 4.79 Å². The van der Waals surface area contributed by atoms with Crippen molar-refractivity contribution in [1.29, 1.82) is 0 Å². The van der Waals surface area contributed by atoms with Crippen molar-refractivity contribution in [2.75, 3.05) is 13.7 Å². The van der Waals surface area contributed by atoms with E-state index in [1.54, 1.807) is 11.8 Å². The molecule has 1 saturated heterocycles. The Balaban J connectivity index is 2.52. The van der Waals surface area contributed by atoms with Crippen molar-refractivity contribution < 1.29 is 9.53 Å². The van der Waals surface area contributed by atoms with E-state index in [1.807, 2.05) is 14.0 Å². The zero-order valence-corrected chi connectivity index (χ0v) is 7.33. The lowest BCUT2D eigenvalue weighted by molar-refractivity contribution is -0.130. The molecule has 64 valence electrons. The molecule has 1 rings (SSSR count). The van der Waals surface area contributed by atoms with Gasteiger partial charge in [-0.2, -0.15) is 0 Å². The lowest BCUT2D eigenvalue weighted by Crippen LogP contribution is -2.39. The van der Waals surface area contributed by atoms with Gasteiger partial charge in [0.2, 0.25) is 5.91 Å². The van der Waals surface area contributed by atoms with Crippen molar-refractivity contribution in [1.82, 2.24) is 4.90 Å². The molecule has 1 amide bonds. The molecule has 0 saturated carbocycles. The minimum absolute atomic E-state index is 0.118. The van der Waals surface area contributed by atoms with E-state index in [9.17, 15) is 4.79 Å². The molecule has 3 heteroatoms. The Bertz CT molecular complexity index is 158. The van der Waals surface area contributed by atoms with Crippen LogP contribution in [0.15, 0.2) is 0 Å². The van der Waals surface area contributed by atoms with Crippen molar-refractivity contribution >= 4 is 5.91 Å². The van der Waals surface area contributed by atoms with E-state index in [4.69, 9.17) is 4.74 Å². The molecule has 0 aliphatic carbocycles. The maximum Gasteiger partial charge on any atom is 0.219 e. The normalized spacial score (nSPS) is 30.5. The predicted octanol–water partition coefficient (Wildman–Crippen LogP) is 0.642. The number of amides is 1. The molecule has 2 unspecified atom stereocenters. The highest BCUT2D eigenvalue weighted by Crippen LogP contribution is 2.17. The number of carbonyl (C=O) groups excluding carboxylic acids is 1. The zero-order valence-electron chi connectivity index (χ0n) is 7.33. The molecule has 0 N–H and O–H groups in total. The van der Waals surface area contributed by atoms with Crippen LogP contribution in [0, 0.1) is 0 Å². The van der Waals surface area contributed by atoms with E-state index < -0.39 is 0 Å². The largest absolute Gasteiger partial charge is 0.376 e. The van der Waals surface area contributed by atoms with E-state index in [1.165, 1.54) is 0 Å². The molecule has 0 aromatic heterocycles. The van der Waals surface area contributed by atoms with Crippen LogP contribution >= 0.6 is 0 Å². The van der Waals surface area contributed by atoms with E-state index in [0.717, 1.165) is 13.0 Å². The van der Waals surface area contributed by atoms with Gasteiger partial charge in [-0.25, -0.2) is 0 Å². The second kappa shape index (κ2) is 3.22. The van der Waals surface area contributed by atoms with Gasteiger partial charge in [0.1, 0.15) is 0 Å². The third kappa shape index (κ3) is 1.71. The molecule has 2 atom stereocenters. The minimum atomic E-state index is 0.118. The van der Waals surface area contributed by atoms with Crippen LogP contribution in [-0.2, 0) is 9.53 Å². The molecule has 0 aromatic rings. The summed E-state index contributed by atoms with van der Waals surface area (Å²) in [5.41, 5.74) is 0. The minimum Gasteiger partial charge on any atom is -0.376 e. The van der Waals surface area contributed by atoms with Crippen molar-refractivity contribution in [2.24, 2.45) is 0 Å². The summed E-state index contributed by atoms with van der Waals surface area (Å²) in [6.45, 7) is 4.38. The number of hydrogen-bond donors (Lipinski definition) is 0. The summed E-state index contributed by atoms with van der Waals surface area (Å²) in [6.07, 6.45) is 1.17. The molecular formula is C8H15NO2. The van der Waals surface area contributed by atoms with Crippen LogP contribution in [-0.4, -0.2) is 36.6 Å². The van der Waals surface area contributed by atoms with Gasteiger partial charge in [0.15, 0.2) is 0 Å². The van der Waals surface area contributed by atoms with Crippen molar-refractivity contribution in [3.8, 4) is 0 Å². The molecule has 11 heavy (non-hydrogen) atoms. The van der Waals surface area contributed by atoms with Gasteiger partial charge in [-0.1, -0.05) is 0 Å². The Labute approximate surface area is 67.3 Å². The molecule has 1 aliphatic heterocycles. The van der Waals surface area contributed by atoms with Crippen LogP contribution in [0.3, 0.4) is 0 Å². The Kier molecular flexibility index (Phi) is 2.49. The quantitative estimate of drug-likeness (QED) is 0.559. The second-order valence-electron chi connectivity index (χ2n) is 3.06. The van der Waals surface area contributed by atoms with E-state index in [2.05, 4.69) is 0 Å². The fraction of sp³-hybridized carbons (Fsp3) is 0.875. The average molecular weight is 157 g/mol.